The van der Waals surface area contributed by atoms with Crippen molar-refractivity contribution in [2.75, 3.05) is 20.3 Å². The van der Waals surface area contributed by atoms with Gasteiger partial charge >= 0.3 is 0 Å². The maximum Gasteiger partial charge on any atom is 0.188 e. The number of methoxy groups -OCH3 is 1. The first-order valence-corrected chi connectivity index (χ1v) is 6.67. The van der Waals surface area contributed by atoms with Crippen LogP contribution < -0.4 is 11.1 Å². The third-order valence-electron chi connectivity index (χ3n) is 3.38. The second-order valence-corrected chi connectivity index (χ2v) is 5.36. The predicted molar refractivity (Wildman–Crippen MR) is 87.5 cm³/mol. The SMILES string of the molecule is COCC(C)NC(N)=NCC1CCCC(C)C1.I. The average molecular weight is 369 g/mol. The van der Waals surface area contributed by atoms with E-state index in [-0.39, 0.29) is 30.0 Å². The van der Waals surface area contributed by atoms with Crippen molar-refractivity contribution in [3.8, 4) is 0 Å². The van der Waals surface area contributed by atoms with Crippen molar-refractivity contribution < 1.29 is 4.74 Å². The van der Waals surface area contributed by atoms with Gasteiger partial charge < -0.3 is 15.8 Å². The molecule has 0 bridgehead atoms. The normalized spacial score (nSPS) is 26.3. The largest absolute Gasteiger partial charge is 0.383 e. The fourth-order valence-corrected chi connectivity index (χ4v) is 2.54. The lowest BCUT2D eigenvalue weighted by Crippen LogP contribution is -2.41. The van der Waals surface area contributed by atoms with Crippen LogP contribution >= 0.6 is 24.0 Å². The molecule has 3 N–H and O–H groups in total. The van der Waals surface area contributed by atoms with Crippen LogP contribution in [-0.2, 0) is 4.74 Å². The summed E-state index contributed by atoms with van der Waals surface area (Å²) < 4.78 is 5.04. The lowest BCUT2D eigenvalue weighted by molar-refractivity contribution is 0.179. The zero-order valence-corrected chi connectivity index (χ0v) is 14.1. The zero-order chi connectivity index (χ0) is 12.7. The summed E-state index contributed by atoms with van der Waals surface area (Å²) in [5.74, 6) is 2.12. The van der Waals surface area contributed by atoms with Crippen LogP contribution in [0.15, 0.2) is 4.99 Å². The van der Waals surface area contributed by atoms with Gasteiger partial charge in [-0.25, -0.2) is 0 Å². The molecule has 5 heteroatoms. The summed E-state index contributed by atoms with van der Waals surface area (Å²) in [5.41, 5.74) is 5.84. The molecule has 0 radical (unpaired) electrons. The van der Waals surface area contributed by atoms with Gasteiger partial charge in [-0.3, -0.25) is 4.99 Å². The molecule has 18 heavy (non-hydrogen) atoms. The fraction of sp³-hybridized carbons (Fsp3) is 0.923. The van der Waals surface area contributed by atoms with Crippen molar-refractivity contribution >= 4 is 29.9 Å². The summed E-state index contributed by atoms with van der Waals surface area (Å²) in [7, 11) is 1.69. The Kier molecular flexibility index (Phi) is 9.81. The Balaban J connectivity index is 0.00000289. The number of hydrogen-bond acceptors (Lipinski definition) is 2. The number of nitrogens with zero attached hydrogens (tertiary/aromatic N) is 1. The average Bonchev–Trinajstić information content (AvgIpc) is 2.27. The van der Waals surface area contributed by atoms with Gasteiger partial charge in [0.1, 0.15) is 0 Å². The topological polar surface area (TPSA) is 59.6 Å². The van der Waals surface area contributed by atoms with E-state index in [0.29, 0.717) is 12.6 Å². The molecule has 3 unspecified atom stereocenters. The van der Waals surface area contributed by atoms with Crippen LogP contribution in [0, 0.1) is 11.8 Å². The van der Waals surface area contributed by atoms with Gasteiger partial charge in [-0.05, 0) is 31.6 Å². The molecule has 108 valence electrons. The molecule has 0 saturated heterocycles. The third kappa shape index (κ3) is 7.41. The molecule has 0 amide bonds. The summed E-state index contributed by atoms with van der Waals surface area (Å²) in [4.78, 5) is 4.43. The van der Waals surface area contributed by atoms with Crippen molar-refractivity contribution in [3.63, 3.8) is 0 Å². The zero-order valence-electron chi connectivity index (χ0n) is 11.8. The molecular weight excluding hydrogens is 341 g/mol. The van der Waals surface area contributed by atoms with Crippen LogP contribution in [0.1, 0.15) is 39.5 Å². The first-order chi connectivity index (χ1) is 8.11. The molecule has 3 atom stereocenters. The number of ether oxygens (including phenoxy) is 1. The van der Waals surface area contributed by atoms with Crippen molar-refractivity contribution in [2.24, 2.45) is 22.6 Å². The van der Waals surface area contributed by atoms with Crippen molar-refractivity contribution in [1.82, 2.24) is 5.32 Å². The van der Waals surface area contributed by atoms with Gasteiger partial charge in [-0.15, -0.1) is 24.0 Å². The summed E-state index contributed by atoms with van der Waals surface area (Å²) >= 11 is 0. The number of nitrogens with two attached hydrogens (primary N) is 1. The Morgan fingerprint density at radius 1 is 1.50 bits per heavy atom. The number of nitrogens with one attached hydrogen (secondary N) is 1. The van der Waals surface area contributed by atoms with Crippen LogP contribution in [0.3, 0.4) is 0 Å². The highest BCUT2D eigenvalue weighted by atomic mass is 127. The number of guanidine groups is 1. The number of rotatable bonds is 5. The summed E-state index contributed by atoms with van der Waals surface area (Å²) in [6.45, 7) is 5.88. The fourth-order valence-electron chi connectivity index (χ4n) is 2.54. The predicted octanol–water partition coefficient (Wildman–Crippen LogP) is 2.37. The van der Waals surface area contributed by atoms with E-state index in [1.165, 1.54) is 25.7 Å². The van der Waals surface area contributed by atoms with Crippen LogP contribution in [0.2, 0.25) is 0 Å². The Morgan fingerprint density at radius 3 is 2.83 bits per heavy atom. The van der Waals surface area contributed by atoms with E-state index >= 15 is 0 Å². The van der Waals surface area contributed by atoms with Gasteiger partial charge in [0.2, 0.25) is 0 Å². The Hall–Kier alpha value is -0.0400. The molecule has 4 nitrogen and oxygen atoms in total. The van der Waals surface area contributed by atoms with E-state index in [1.807, 2.05) is 6.92 Å². The first-order valence-electron chi connectivity index (χ1n) is 6.67. The Morgan fingerprint density at radius 2 is 2.22 bits per heavy atom. The highest BCUT2D eigenvalue weighted by Crippen LogP contribution is 2.28. The molecule has 0 aliphatic heterocycles. The Bertz CT molecular complexity index is 248. The van der Waals surface area contributed by atoms with Gasteiger partial charge in [0, 0.05) is 19.7 Å². The molecule has 1 aliphatic rings. The smallest absolute Gasteiger partial charge is 0.188 e. The van der Waals surface area contributed by atoms with Gasteiger partial charge in [0.05, 0.1) is 6.61 Å². The highest BCUT2D eigenvalue weighted by molar-refractivity contribution is 14.0. The van der Waals surface area contributed by atoms with E-state index in [4.69, 9.17) is 10.5 Å². The molecule has 0 aromatic carbocycles. The monoisotopic (exact) mass is 369 g/mol. The van der Waals surface area contributed by atoms with E-state index in [1.54, 1.807) is 7.11 Å². The second kappa shape index (κ2) is 9.83. The molecule has 0 aromatic heterocycles. The van der Waals surface area contributed by atoms with Gasteiger partial charge in [-0.1, -0.05) is 19.8 Å². The molecule has 0 spiro atoms. The minimum absolute atomic E-state index is 0. The number of aliphatic imine (C=N–C) groups is 1. The lowest BCUT2D eigenvalue weighted by Gasteiger charge is -2.25. The highest BCUT2D eigenvalue weighted by Gasteiger charge is 2.18. The number of halogens is 1. The van der Waals surface area contributed by atoms with Gasteiger partial charge in [0.25, 0.3) is 0 Å². The van der Waals surface area contributed by atoms with E-state index in [2.05, 4.69) is 17.2 Å². The maximum atomic E-state index is 5.84. The van der Waals surface area contributed by atoms with Gasteiger partial charge in [-0.2, -0.15) is 0 Å². The maximum absolute atomic E-state index is 5.84. The van der Waals surface area contributed by atoms with Crippen LogP contribution in [0.25, 0.3) is 0 Å². The molecule has 1 saturated carbocycles. The molecule has 0 aromatic rings. The van der Waals surface area contributed by atoms with E-state index in [9.17, 15) is 0 Å². The number of hydrogen-bond donors (Lipinski definition) is 2. The molecule has 1 fully saturated rings. The standard InChI is InChI=1S/C13H27N3O.HI/c1-10-5-4-6-12(7-10)8-15-13(14)16-11(2)9-17-3;/h10-12H,4-9H2,1-3H3,(H3,14,15,16);1H. The van der Waals surface area contributed by atoms with E-state index < -0.39 is 0 Å². The summed E-state index contributed by atoms with van der Waals surface area (Å²) in [6.07, 6.45) is 5.31. The van der Waals surface area contributed by atoms with Crippen molar-refractivity contribution in [3.05, 3.63) is 0 Å². The van der Waals surface area contributed by atoms with Crippen LogP contribution in [-0.4, -0.2) is 32.3 Å². The molecule has 1 rings (SSSR count). The molecule has 1 aliphatic carbocycles. The quantitative estimate of drug-likeness (QED) is 0.444. The van der Waals surface area contributed by atoms with Crippen LogP contribution in [0.5, 0.6) is 0 Å². The van der Waals surface area contributed by atoms with Gasteiger partial charge in [0.15, 0.2) is 5.96 Å². The van der Waals surface area contributed by atoms with E-state index in [0.717, 1.165) is 18.4 Å². The van der Waals surface area contributed by atoms with Crippen molar-refractivity contribution in [1.29, 1.82) is 0 Å². The van der Waals surface area contributed by atoms with Crippen LogP contribution in [0.4, 0.5) is 0 Å². The Labute approximate surface area is 128 Å². The van der Waals surface area contributed by atoms with Crippen molar-refractivity contribution in [2.45, 2.75) is 45.6 Å². The molecular formula is C13H28IN3O. The minimum Gasteiger partial charge on any atom is -0.383 e. The third-order valence-corrected chi connectivity index (χ3v) is 3.38. The second-order valence-electron chi connectivity index (χ2n) is 5.36. The summed E-state index contributed by atoms with van der Waals surface area (Å²) in [6, 6.07) is 0.217. The minimum atomic E-state index is 0. The lowest BCUT2D eigenvalue weighted by atomic mass is 9.82. The first kappa shape index (κ1) is 18.0. The molecule has 0 heterocycles. The summed E-state index contributed by atoms with van der Waals surface area (Å²) in [5, 5.41) is 3.13.